The van der Waals surface area contributed by atoms with Gasteiger partial charge >= 0.3 is 0 Å². The lowest BCUT2D eigenvalue weighted by Gasteiger charge is -1.89. The summed E-state index contributed by atoms with van der Waals surface area (Å²) in [6, 6.07) is 0. The summed E-state index contributed by atoms with van der Waals surface area (Å²) < 4.78 is 12.6. The van der Waals surface area contributed by atoms with Gasteiger partial charge in [0, 0.05) is 0 Å². The minimum atomic E-state index is -0.194. The molecule has 0 aromatic carbocycles. The minimum absolute atomic E-state index is 0.194. The first-order valence-corrected chi connectivity index (χ1v) is 3.86. The Bertz CT molecular complexity index is 185. The molecule has 0 radical (unpaired) electrons. The van der Waals surface area contributed by atoms with Crippen molar-refractivity contribution >= 4 is 0 Å². The van der Waals surface area contributed by atoms with Crippen LogP contribution < -0.4 is 0 Å². The van der Waals surface area contributed by atoms with E-state index in [-0.39, 0.29) is 5.83 Å². The van der Waals surface area contributed by atoms with Crippen molar-refractivity contribution in [2.75, 3.05) is 0 Å². The predicted octanol–water partition coefficient (Wildman–Crippen LogP) is 3.77. The quantitative estimate of drug-likeness (QED) is 0.543. The third-order valence-electron chi connectivity index (χ3n) is 1.41. The summed E-state index contributed by atoms with van der Waals surface area (Å²) >= 11 is 0. The van der Waals surface area contributed by atoms with Crippen LogP contribution in [0.1, 0.15) is 27.2 Å². The van der Waals surface area contributed by atoms with Crippen LogP contribution in [-0.4, -0.2) is 0 Å². The zero-order valence-electron chi connectivity index (χ0n) is 7.39. The Labute approximate surface area is 68.1 Å². The van der Waals surface area contributed by atoms with Crippen LogP contribution in [0.5, 0.6) is 0 Å². The highest BCUT2D eigenvalue weighted by molar-refractivity contribution is 5.19. The Morgan fingerprint density at radius 1 is 1.36 bits per heavy atom. The highest BCUT2D eigenvalue weighted by atomic mass is 19.1. The Morgan fingerprint density at radius 3 is 2.45 bits per heavy atom. The van der Waals surface area contributed by atoms with Crippen LogP contribution in [0.3, 0.4) is 0 Å². The second-order valence-corrected chi connectivity index (χ2v) is 2.42. The van der Waals surface area contributed by atoms with Crippen LogP contribution in [0.25, 0.3) is 0 Å². The highest BCUT2D eigenvalue weighted by Gasteiger charge is 1.83. The summed E-state index contributed by atoms with van der Waals surface area (Å²) in [7, 11) is 0. The van der Waals surface area contributed by atoms with E-state index in [2.05, 4.69) is 0 Å². The number of hydrogen-bond donors (Lipinski definition) is 0. The van der Waals surface area contributed by atoms with E-state index in [4.69, 9.17) is 0 Å². The molecule has 0 heterocycles. The fraction of sp³-hybridized carbons (Fsp3) is 0.400. The van der Waals surface area contributed by atoms with Crippen molar-refractivity contribution in [1.29, 1.82) is 0 Å². The number of allylic oxidation sites excluding steroid dienone is 6. The van der Waals surface area contributed by atoms with Gasteiger partial charge in [0.05, 0.1) is 0 Å². The van der Waals surface area contributed by atoms with Crippen LogP contribution >= 0.6 is 0 Å². The van der Waals surface area contributed by atoms with Crippen molar-refractivity contribution in [2.45, 2.75) is 27.2 Å². The molecular weight excluding hydrogens is 139 g/mol. The summed E-state index contributed by atoms with van der Waals surface area (Å²) in [4.78, 5) is 0. The molecular formula is C10H15F. The molecule has 0 saturated heterocycles. The second-order valence-electron chi connectivity index (χ2n) is 2.42. The number of rotatable bonds is 3. The average molecular weight is 154 g/mol. The van der Waals surface area contributed by atoms with E-state index < -0.39 is 0 Å². The van der Waals surface area contributed by atoms with Crippen LogP contribution in [0.15, 0.2) is 35.7 Å². The molecule has 0 aliphatic heterocycles. The summed E-state index contributed by atoms with van der Waals surface area (Å²) in [6.07, 6.45) is 7.38. The molecule has 0 spiro atoms. The topological polar surface area (TPSA) is 0 Å². The van der Waals surface area contributed by atoms with Gasteiger partial charge < -0.3 is 0 Å². The maximum Gasteiger partial charge on any atom is 0.122 e. The molecule has 1 heteroatoms. The highest BCUT2D eigenvalue weighted by Crippen LogP contribution is 2.03. The lowest BCUT2D eigenvalue weighted by Crippen LogP contribution is -1.69. The molecule has 0 saturated carbocycles. The molecule has 0 amide bonds. The molecule has 0 aliphatic carbocycles. The first-order chi connectivity index (χ1) is 5.20. The third kappa shape index (κ3) is 5.59. The smallest absolute Gasteiger partial charge is 0.122 e. The van der Waals surface area contributed by atoms with Gasteiger partial charge in [0.1, 0.15) is 5.83 Å². The molecule has 0 bridgehead atoms. The van der Waals surface area contributed by atoms with Crippen molar-refractivity contribution in [2.24, 2.45) is 0 Å². The van der Waals surface area contributed by atoms with Gasteiger partial charge in [-0.15, -0.1) is 0 Å². The zero-order valence-corrected chi connectivity index (χ0v) is 7.39. The van der Waals surface area contributed by atoms with Crippen molar-refractivity contribution in [3.05, 3.63) is 35.7 Å². The number of hydrogen-bond acceptors (Lipinski definition) is 0. The lowest BCUT2D eigenvalue weighted by molar-refractivity contribution is 0.666. The van der Waals surface area contributed by atoms with Crippen molar-refractivity contribution in [3.63, 3.8) is 0 Å². The standard InChI is InChI=1S/C10H15F/c1-4-6-10(11)8-7-9(3)5-2/h4,6-8H,5H2,1-3H3/b6-4-,9-7+,10-8+. The van der Waals surface area contributed by atoms with E-state index in [1.807, 2.05) is 13.8 Å². The summed E-state index contributed by atoms with van der Waals surface area (Å²) in [6.45, 7) is 5.83. The first-order valence-electron chi connectivity index (χ1n) is 3.86. The van der Waals surface area contributed by atoms with E-state index in [0.717, 1.165) is 6.42 Å². The van der Waals surface area contributed by atoms with Gasteiger partial charge in [-0.3, -0.25) is 0 Å². The van der Waals surface area contributed by atoms with Crippen LogP contribution in [-0.2, 0) is 0 Å². The minimum Gasteiger partial charge on any atom is -0.207 e. The molecule has 11 heavy (non-hydrogen) atoms. The van der Waals surface area contributed by atoms with Crippen molar-refractivity contribution in [3.8, 4) is 0 Å². The van der Waals surface area contributed by atoms with Crippen molar-refractivity contribution < 1.29 is 4.39 Å². The van der Waals surface area contributed by atoms with Crippen molar-refractivity contribution in [1.82, 2.24) is 0 Å². The van der Waals surface area contributed by atoms with Gasteiger partial charge in [0.15, 0.2) is 0 Å². The summed E-state index contributed by atoms with van der Waals surface area (Å²) in [5, 5.41) is 0. The number of halogens is 1. The molecule has 0 nitrogen and oxygen atoms in total. The van der Waals surface area contributed by atoms with Gasteiger partial charge in [0.25, 0.3) is 0 Å². The predicted molar refractivity (Wildman–Crippen MR) is 48.1 cm³/mol. The normalized spacial score (nSPS) is 14.5. The Kier molecular flexibility index (Phi) is 5.44. The first kappa shape index (κ1) is 10.2. The van der Waals surface area contributed by atoms with E-state index in [1.54, 1.807) is 19.1 Å². The van der Waals surface area contributed by atoms with Crippen LogP contribution in [0.4, 0.5) is 4.39 Å². The Hall–Kier alpha value is -0.850. The molecule has 0 N–H and O–H groups in total. The lowest BCUT2D eigenvalue weighted by atomic mass is 10.2. The summed E-state index contributed by atoms with van der Waals surface area (Å²) in [5.74, 6) is -0.194. The molecule has 62 valence electrons. The second kappa shape index (κ2) is 5.90. The van der Waals surface area contributed by atoms with Gasteiger partial charge in [-0.2, -0.15) is 0 Å². The SMILES string of the molecule is C\C=C/C(F)=C\C=C(/C)CC. The van der Waals surface area contributed by atoms with Crippen LogP contribution in [0, 0.1) is 0 Å². The Morgan fingerprint density at radius 2 is 2.00 bits per heavy atom. The van der Waals surface area contributed by atoms with Gasteiger partial charge in [-0.25, -0.2) is 4.39 Å². The van der Waals surface area contributed by atoms with Crippen LogP contribution in [0.2, 0.25) is 0 Å². The molecule has 0 rings (SSSR count). The van der Waals surface area contributed by atoms with E-state index >= 15 is 0 Å². The van der Waals surface area contributed by atoms with E-state index in [1.165, 1.54) is 17.7 Å². The third-order valence-corrected chi connectivity index (χ3v) is 1.41. The fourth-order valence-corrected chi connectivity index (χ4v) is 0.554. The van der Waals surface area contributed by atoms with Gasteiger partial charge in [0.2, 0.25) is 0 Å². The summed E-state index contributed by atoms with van der Waals surface area (Å²) in [5.41, 5.74) is 1.18. The maximum absolute atomic E-state index is 12.6. The van der Waals surface area contributed by atoms with Gasteiger partial charge in [-0.05, 0) is 32.4 Å². The molecule has 0 atom stereocenters. The van der Waals surface area contributed by atoms with Gasteiger partial charge in [-0.1, -0.05) is 24.6 Å². The van der Waals surface area contributed by atoms with E-state index in [9.17, 15) is 4.39 Å². The molecule has 0 aromatic heterocycles. The fourth-order valence-electron chi connectivity index (χ4n) is 0.554. The molecule has 0 fully saturated rings. The average Bonchev–Trinajstić information content (AvgIpc) is 2.01. The molecule has 0 aromatic rings. The maximum atomic E-state index is 12.6. The zero-order chi connectivity index (χ0) is 8.69. The van der Waals surface area contributed by atoms with E-state index in [0.29, 0.717) is 0 Å². The largest absolute Gasteiger partial charge is 0.207 e. The monoisotopic (exact) mass is 154 g/mol. The molecule has 0 aliphatic rings. The molecule has 0 unspecified atom stereocenters. The Balaban J connectivity index is 4.10.